The van der Waals surface area contributed by atoms with Crippen LogP contribution in [-0.2, 0) is 11.2 Å². The Kier molecular flexibility index (Phi) is 5.87. The summed E-state index contributed by atoms with van der Waals surface area (Å²) in [6, 6.07) is 5.13. The fourth-order valence-corrected chi connectivity index (χ4v) is 1.82. The molecule has 0 aromatic heterocycles. The fraction of sp³-hybridized carbons (Fsp3) is 0.500. The van der Waals surface area contributed by atoms with Crippen molar-refractivity contribution < 1.29 is 27.4 Å². The molecule has 0 aliphatic carbocycles. The summed E-state index contributed by atoms with van der Waals surface area (Å²) >= 11 is 0. The summed E-state index contributed by atoms with van der Waals surface area (Å²) in [5.74, 6) is -0.152. The van der Waals surface area contributed by atoms with Gasteiger partial charge in [-0.25, -0.2) is 0 Å². The third kappa shape index (κ3) is 5.53. The molecule has 1 aromatic rings. The number of rotatable bonds is 6. The zero-order chi connectivity index (χ0) is 16.0. The van der Waals surface area contributed by atoms with Crippen LogP contribution in [-0.4, -0.2) is 32.8 Å². The Morgan fingerprint density at radius 2 is 1.86 bits per heavy atom. The van der Waals surface area contributed by atoms with Gasteiger partial charge >= 0.3 is 6.18 Å². The van der Waals surface area contributed by atoms with Gasteiger partial charge in [0.2, 0.25) is 5.91 Å². The van der Waals surface area contributed by atoms with Crippen LogP contribution in [0.5, 0.6) is 11.5 Å². The van der Waals surface area contributed by atoms with Crippen molar-refractivity contribution in [2.75, 3.05) is 20.8 Å². The van der Waals surface area contributed by atoms with E-state index in [2.05, 4.69) is 0 Å². The Labute approximate surface area is 121 Å². The number of hydrogen-bond donors (Lipinski definition) is 1. The van der Waals surface area contributed by atoms with Gasteiger partial charge in [-0.1, -0.05) is 13.0 Å². The Morgan fingerprint density at radius 3 is 2.38 bits per heavy atom. The largest absolute Gasteiger partial charge is 0.493 e. The van der Waals surface area contributed by atoms with Crippen molar-refractivity contribution in [2.24, 2.45) is 5.92 Å². The van der Waals surface area contributed by atoms with Crippen molar-refractivity contribution in [3.05, 3.63) is 23.8 Å². The first-order valence-electron chi connectivity index (χ1n) is 6.32. The van der Waals surface area contributed by atoms with E-state index in [1.807, 2.05) is 5.32 Å². The first-order valence-corrected chi connectivity index (χ1v) is 6.32. The van der Waals surface area contributed by atoms with Crippen LogP contribution in [0.2, 0.25) is 0 Å². The number of amides is 1. The molecular weight excluding hydrogens is 287 g/mol. The lowest BCUT2D eigenvalue weighted by Gasteiger charge is -2.15. The molecule has 7 heteroatoms. The topological polar surface area (TPSA) is 47.6 Å². The third-order valence-electron chi connectivity index (χ3n) is 2.90. The van der Waals surface area contributed by atoms with Gasteiger partial charge in [-0.3, -0.25) is 4.79 Å². The minimum atomic E-state index is -4.40. The Morgan fingerprint density at radius 1 is 1.24 bits per heavy atom. The quantitative estimate of drug-likeness (QED) is 0.878. The first-order chi connectivity index (χ1) is 9.76. The normalized spacial score (nSPS) is 12.7. The van der Waals surface area contributed by atoms with Gasteiger partial charge in [-0.05, 0) is 24.1 Å². The second-order valence-corrected chi connectivity index (χ2v) is 4.63. The highest BCUT2D eigenvalue weighted by Gasteiger charge is 2.28. The fourth-order valence-electron chi connectivity index (χ4n) is 1.82. The molecule has 4 nitrogen and oxygen atoms in total. The van der Waals surface area contributed by atoms with Crippen LogP contribution in [0.15, 0.2) is 18.2 Å². The van der Waals surface area contributed by atoms with E-state index in [9.17, 15) is 18.0 Å². The Bertz CT molecular complexity index is 489. The summed E-state index contributed by atoms with van der Waals surface area (Å²) in [6.07, 6.45) is -4.09. The van der Waals surface area contributed by atoms with Crippen molar-refractivity contribution in [1.82, 2.24) is 5.32 Å². The molecule has 0 fully saturated rings. The summed E-state index contributed by atoms with van der Waals surface area (Å²) in [5, 5.41) is 1.87. The first kappa shape index (κ1) is 17.1. The SMILES string of the molecule is COc1ccc(CC(C)C(=O)NCC(F)(F)F)cc1OC. The van der Waals surface area contributed by atoms with Gasteiger partial charge in [0.15, 0.2) is 11.5 Å². The molecule has 0 aliphatic heterocycles. The van der Waals surface area contributed by atoms with Crippen LogP contribution in [0, 0.1) is 5.92 Å². The number of methoxy groups -OCH3 is 2. The molecule has 0 saturated carbocycles. The van der Waals surface area contributed by atoms with Crippen molar-refractivity contribution in [3.8, 4) is 11.5 Å². The van der Waals surface area contributed by atoms with Crippen LogP contribution in [0.25, 0.3) is 0 Å². The predicted molar refractivity (Wildman–Crippen MR) is 71.5 cm³/mol. The van der Waals surface area contributed by atoms with Crippen molar-refractivity contribution >= 4 is 5.91 Å². The highest BCUT2D eigenvalue weighted by molar-refractivity contribution is 5.78. The molecule has 1 N–H and O–H groups in total. The number of carbonyl (C=O) groups excluding carboxylic acids is 1. The minimum absolute atomic E-state index is 0.310. The standard InChI is InChI=1S/C14H18F3NO3/c1-9(13(19)18-8-14(15,16)17)6-10-4-5-11(20-2)12(7-10)21-3/h4-5,7,9H,6,8H2,1-3H3,(H,18,19). The Hall–Kier alpha value is -1.92. The molecular formula is C14H18F3NO3. The van der Waals surface area contributed by atoms with Crippen LogP contribution >= 0.6 is 0 Å². The zero-order valence-electron chi connectivity index (χ0n) is 12.1. The van der Waals surface area contributed by atoms with E-state index >= 15 is 0 Å². The molecule has 1 atom stereocenters. The van der Waals surface area contributed by atoms with Gasteiger partial charge in [0.25, 0.3) is 0 Å². The maximum atomic E-state index is 12.0. The van der Waals surface area contributed by atoms with Crippen molar-refractivity contribution in [2.45, 2.75) is 19.5 Å². The highest BCUT2D eigenvalue weighted by atomic mass is 19.4. The molecule has 1 rings (SSSR count). The second-order valence-electron chi connectivity index (χ2n) is 4.63. The molecule has 0 spiro atoms. The average Bonchev–Trinajstić information content (AvgIpc) is 2.43. The molecule has 118 valence electrons. The van der Waals surface area contributed by atoms with Gasteiger partial charge in [-0.15, -0.1) is 0 Å². The number of nitrogens with one attached hydrogen (secondary N) is 1. The van der Waals surface area contributed by atoms with Gasteiger partial charge in [-0.2, -0.15) is 13.2 Å². The van der Waals surface area contributed by atoms with E-state index in [0.717, 1.165) is 5.56 Å². The summed E-state index contributed by atoms with van der Waals surface area (Å²) in [4.78, 5) is 11.6. The molecule has 0 bridgehead atoms. The number of ether oxygens (including phenoxy) is 2. The lowest BCUT2D eigenvalue weighted by atomic mass is 10.00. The maximum absolute atomic E-state index is 12.0. The van der Waals surface area contributed by atoms with Crippen LogP contribution in [0.1, 0.15) is 12.5 Å². The van der Waals surface area contributed by atoms with E-state index in [-0.39, 0.29) is 0 Å². The molecule has 1 unspecified atom stereocenters. The van der Waals surface area contributed by atoms with E-state index in [0.29, 0.717) is 17.9 Å². The van der Waals surface area contributed by atoms with E-state index < -0.39 is 24.5 Å². The van der Waals surface area contributed by atoms with Crippen molar-refractivity contribution in [3.63, 3.8) is 0 Å². The van der Waals surface area contributed by atoms with Gasteiger partial charge in [0.05, 0.1) is 14.2 Å². The smallest absolute Gasteiger partial charge is 0.405 e. The van der Waals surface area contributed by atoms with Gasteiger partial charge < -0.3 is 14.8 Å². The minimum Gasteiger partial charge on any atom is -0.493 e. The summed E-state index contributed by atoms with van der Waals surface area (Å²) in [7, 11) is 2.99. The molecule has 0 radical (unpaired) electrons. The number of carbonyl (C=O) groups is 1. The zero-order valence-corrected chi connectivity index (χ0v) is 12.1. The number of hydrogen-bond acceptors (Lipinski definition) is 3. The Balaban J connectivity index is 2.66. The molecule has 1 amide bonds. The van der Waals surface area contributed by atoms with Crippen LogP contribution in [0.3, 0.4) is 0 Å². The highest BCUT2D eigenvalue weighted by Crippen LogP contribution is 2.28. The molecule has 0 heterocycles. The molecule has 0 aliphatic rings. The maximum Gasteiger partial charge on any atom is 0.405 e. The monoisotopic (exact) mass is 305 g/mol. The molecule has 21 heavy (non-hydrogen) atoms. The van der Waals surface area contributed by atoms with E-state index in [1.165, 1.54) is 14.2 Å². The number of alkyl halides is 3. The summed E-state index contributed by atoms with van der Waals surface area (Å²) in [5.41, 5.74) is 0.780. The lowest BCUT2D eigenvalue weighted by Crippen LogP contribution is -2.37. The third-order valence-corrected chi connectivity index (χ3v) is 2.90. The van der Waals surface area contributed by atoms with Crippen LogP contribution < -0.4 is 14.8 Å². The van der Waals surface area contributed by atoms with Gasteiger partial charge in [0, 0.05) is 5.92 Å². The lowest BCUT2D eigenvalue weighted by molar-refractivity contribution is -0.140. The number of benzene rings is 1. The van der Waals surface area contributed by atoms with Gasteiger partial charge in [0.1, 0.15) is 6.54 Å². The van der Waals surface area contributed by atoms with E-state index in [1.54, 1.807) is 25.1 Å². The van der Waals surface area contributed by atoms with Crippen molar-refractivity contribution in [1.29, 1.82) is 0 Å². The second kappa shape index (κ2) is 7.19. The average molecular weight is 305 g/mol. The molecule has 0 saturated heterocycles. The predicted octanol–water partition coefficient (Wildman–Crippen LogP) is 2.56. The summed E-state index contributed by atoms with van der Waals surface area (Å²) < 4.78 is 46.4. The molecule has 1 aromatic carbocycles. The van der Waals surface area contributed by atoms with Crippen LogP contribution in [0.4, 0.5) is 13.2 Å². The van der Waals surface area contributed by atoms with E-state index in [4.69, 9.17) is 9.47 Å². The summed E-state index contributed by atoms with van der Waals surface area (Å²) in [6.45, 7) is 0.254. The number of halogens is 3.